The number of carbonyl (C=O) groups excluding carboxylic acids is 1. The number of esters is 1. The van der Waals surface area contributed by atoms with Gasteiger partial charge in [-0.3, -0.25) is 0 Å². The molecule has 0 unspecified atom stereocenters. The lowest BCUT2D eigenvalue weighted by Gasteiger charge is -2.15. The molecule has 3 aromatic rings. The molecule has 0 atom stereocenters. The van der Waals surface area contributed by atoms with Gasteiger partial charge in [0.15, 0.2) is 5.03 Å². The SMILES string of the molecule is COC(=O)c1cccc(C)c1NCc1cccnc1S(=O)(=O)c1ccc(OC)cc1. The molecule has 7 nitrogen and oxygen atoms in total. The number of carbonyl (C=O) groups is 1. The maximum atomic E-state index is 13.1. The first-order valence-electron chi connectivity index (χ1n) is 9.13. The third-order valence-electron chi connectivity index (χ3n) is 4.61. The van der Waals surface area contributed by atoms with E-state index in [0.29, 0.717) is 22.6 Å². The summed E-state index contributed by atoms with van der Waals surface area (Å²) < 4.78 is 36.2. The summed E-state index contributed by atoms with van der Waals surface area (Å²) in [6, 6.07) is 14.8. The number of aryl methyl sites for hydroxylation is 1. The number of aromatic nitrogens is 1. The number of pyridine rings is 1. The summed E-state index contributed by atoms with van der Waals surface area (Å²) in [6.45, 7) is 2.01. The molecule has 1 aromatic heterocycles. The van der Waals surface area contributed by atoms with E-state index in [2.05, 4.69) is 10.3 Å². The lowest BCUT2D eigenvalue weighted by atomic mass is 10.1. The van der Waals surface area contributed by atoms with Gasteiger partial charge in [-0.25, -0.2) is 18.2 Å². The Morgan fingerprint density at radius 2 is 1.77 bits per heavy atom. The number of para-hydroxylation sites is 1. The molecule has 1 N–H and O–H groups in total. The van der Waals surface area contributed by atoms with Crippen molar-refractivity contribution in [3.8, 4) is 5.75 Å². The molecule has 0 aliphatic carbocycles. The average Bonchev–Trinajstić information content (AvgIpc) is 2.77. The Labute approximate surface area is 175 Å². The van der Waals surface area contributed by atoms with Crippen molar-refractivity contribution in [2.45, 2.75) is 23.4 Å². The van der Waals surface area contributed by atoms with E-state index in [0.717, 1.165) is 5.56 Å². The fraction of sp³-hybridized carbons (Fsp3) is 0.182. The second-order valence-corrected chi connectivity index (χ2v) is 8.35. The van der Waals surface area contributed by atoms with Crippen LogP contribution in [0.4, 0.5) is 5.69 Å². The number of nitrogens with one attached hydrogen (secondary N) is 1. The molecular weight excluding hydrogens is 404 g/mol. The van der Waals surface area contributed by atoms with Crippen molar-refractivity contribution in [2.75, 3.05) is 19.5 Å². The number of sulfone groups is 1. The van der Waals surface area contributed by atoms with E-state index < -0.39 is 15.8 Å². The summed E-state index contributed by atoms with van der Waals surface area (Å²) in [5.41, 5.74) is 2.27. The molecular formula is C22H22N2O5S. The molecule has 2 aromatic carbocycles. The number of rotatable bonds is 7. The normalized spacial score (nSPS) is 11.0. The summed E-state index contributed by atoms with van der Waals surface area (Å²) in [5, 5.41) is 3.12. The predicted octanol–water partition coefficient (Wildman–Crippen LogP) is 3.63. The van der Waals surface area contributed by atoms with Crippen LogP contribution in [0, 0.1) is 6.92 Å². The smallest absolute Gasteiger partial charge is 0.339 e. The number of benzene rings is 2. The van der Waals surface area contributed by atoms with E-state index >= 15 is 0 Å². The average molecular weight is 426 g/mol. The third kappa shape index (κ3) is 4.28. The van der Waals surface area contributed by atoms with Gasteiger partial charge < -0.3 is 14.8 Å². The Kier molecular flexibility index (Phi) is 6.37. The van der Waals surface area contributed by atoms with Crippen molar-refractivity contribution in [1.29, 1.82) is 0 Å². The molecule has 0 fully saturated rings. The van der Waals surface area contributed by atoms with Crippen LogP contribution in [0.3, 0.4) is 0 Å². The Hall–Kier alpha value is -3.39. The van der Waals surface area contributed by atoms with Crippen molar-refractivity contribution in [3.63, 3.8) is 0 Å². The lowest BCUT2D eigenvalue weighted by molar-refractivity contribution is 0.0601. The van der Waals surface area contributed by atoms with Crippen molar-refractivity contribution in [3.05, 3.63) is 77.5 Å². The number of hydrogen-bond donors (Lipinski definition) is 1. The summed E-state index contributed by atoms with van der Waals surface area (Å²) in [6.07, 6.45) is 1.44. The van der Waals surface area contributed by atoms with Crippen LogP contribution in [0.2, 0.25) is 0 Å². The van der Waals surface area contributed by atoms with Crippen LogP contribution in [0.5, 0.6) is 5.75 Å². The van der Waals surface area contributed by atoms with E-state index in [-0.39, 0.29) is 16.5 Å². The van der Waals surface area contributed by atoms with Crippen LogP contribution in [-0.4, -0.2) is 33.6 Å². The van der Waals surface area contributed by atoms with Crippen molar-refractivity contribution in [1.82, 2.24) is 4.98 Å². The van der Waals surface area contributed by atoms with Gasteiger partial charge in [-0.1, -0.05) is 18.2 Å². The zero-order valence-corrected chi connectivity index (χ0v) is 17.7. The highest BCUT2D eigenvalue weighted by molar-refractivity contribution is 7.91. The number of hydrogen-bond acceptors (Lipinski definition) is 7. The minimum atomic E-state index is -3.84. The third-order valence-corrected chi connectivity index (χ3v) is 6.38. The first-order chi connectivity index (χ1) is 14.4. The maximum absolute atomic E-state index is 13.1. The Morgan fingerprint density at radius 3 is 2.43 bits per heavy atom. The fourth-order valence-corrected chi connectivity index (χ4v) is 4.44. The van der Waals surface area contributed by atoms with Crippen LogP contribution < -0.4 is 10.1 Å². The molecule has 0 spiro atoms. The second-order valence-electron chi connectivity index (χ2n) is 6.49. The minimum absolute atomic E-state index is 0.0455. The topological polar surface area (TPSA) is 94.6 Å². The maximum Gasteiger partial charge on any atom is 0.339 e. The summed E-state index contributed by atoms with van der Waals surface area (Å²) in [4.78, 5) is 16.3. The summed E-state index contributed by atoms with van der Waals surface area (Å²) in [7, 11) is -1.01. The molecule has 30 heavy (non-hydrogen) atoms. The number of methoxy groups -OCH3 is 2. The molecule has 0 radical (unpaired) electrons. The molecule has 0 bridgehead atoms. The molecule has 1 heterocycles. The van der Waals surface area contributed by atoms with E-state index in [1.165, 1.54) is 32.5 Å². The van der Waals surface area contributed by atoms with E-state index in [9.17, 15) is 13.2 Å². The van der Waals surface area contributed by atoms with E-state index in [1.807, 2.05) is 13.0 Å². The monoisotopic (exact) mass is 426 g/mol. The van der Waals surface area contributed by atoms with Gasteiger partial charge in [0.1, 0.15) is 5.75 Å². The van der Waals surface area contributed by atoms with Crippen molar-refractivity contribution in [2.24, 2.45) is 0 Å². The highest BCUT2D eigenvalue weighted by Crippen LogP contribution is 2.26. The number of nitrogens with zero attached hydrogens (tertiary/aromatic N) is 1. The lowest BCUT2D eigenvalue weighted by Crippen LogP contribution is -2.13. The van der Waals surface area contributed by atoms with Gasteiger partial charge in [-0.2, -0.15) is 0 Å². The Morgan fingerprint density at radius 1 is 1.03 bits per heavy atom. The van der Waals surface area contributed by atoms with Gasteiger partial charge in [0, 0.05) is 18.3 Å². The van der Waals surface area contributed by atoms with Crippen molar-refractivity contribution < 1.29 is 22.7 Å². The summed E-state index contributed by atoms with van der Waals surface area (Å²) in [5.74, 6) is 0.0882. The first kappa shape index (κ1) is 21.3. The molecule has 3 rings (SSSR count). The Balaban J connectivity index is 1.95. The highest BCUT2D eigenvalue weighted by Gasteiger charge is 2.23. The van der Waals surface area contributed by atoms with Gasteiger partial charge in [0.05, 0.1) is 30.4 Å². The van der Waals surface area contributed by atoms with E-state index in [4.69, 9.17) is 9.47 Å². The molecule has 0 aliphatic heterocycles. The number of anilines is 1. The first-order valence-corrected chi connectivity index (χ1v) is 10.6. The molecule has 156 valence electrons. The van der Waals surface area contributed by atoms with Crippen LogP contribution >= 0.6 is 0 Å². The quantitative estimate of drug-likeness (QED) is 0.577. The Bertz CT molecular complexity index is 1160. The predicted molar refractivity (Wildman–Crippen MR) is 113 cm³/mol. The standard InChI is InChI=1S/C22H22N2O5S/c1-15-6-4-8-19(22(25)29-3)20(15)24-14-16-7-5-13-23-21(16)30(26,27)18-11-9-17(28-2)10-12-18/h4-13,24H,14H2,1-3H3. The molecule has 8 heteroatoms. The summed E-state index contributed by atoms with van der Waals surface area (Å²) >= 11 is 0. The van der Waals surface area contributed by atoms with Crippen LogP contribution in [-0.2, 0) is 21.1 Å². The molecule has 0 amide bonds. The van der Waals surface area contributed by atoms with E-state index in [1.54, 1.807) is 36.4 Å². The molecule has 0 saturated heterocycles. The second kappa shape index (κ2) is 8.96. The van der Waals surface area contributed by atoms with Gasteiger partial charge in [-0.05, 0) is 48.9 Å². The largest absolute Gasteiger partial charge is 0.497 e. The van der Waals surface area contributed by atoms with Gasteiger partial charge in [0.25, 0.3) is 0 Å². The minimum Gasteiger partial charge on any atom is -0.497 e. The van der Waals surface area contributed by atoms with Gasteiger partial charge in [0.2, 0.25) is 9.84 Å². The fourth-order valence-electron chi connectivity index (χ4n) is 3.03. The molecule has 0 aliphatic rings. The van der Waals surface area contributed by atoms with Gasteiger partial charge in [-0.15, -0.1) is 0 Å². The molecule has 0 saturated carbocycles. The zero-order valence-electron chi connectivity index (χ0n) is 16.9. The number of ether oxygens (including phenoxy) is 2. The zero-order chi connectivity index (χ0) is 21.7. The van der Waals surface area contributed by atoms with Crippen LogP contribution in [0.25, 0.3) is 0 Å². The van der Waals surface area contributed by atoms with Crippen molar-refractivity contribution >= 4 is 21.5 Å². The highest BCUT2D eigenvalue weighted by atomic mass is 32.2. The van der Waals surface area contributed by atoms with Crippen LogP contribution in [0.15, 0.2) is 70.7 Å². The van der Waals surface area contributed by atoms with Crippen LogP contribution in [0.1, 0.15) is 21.5 Å². The van der Waals surface area contributed by atoms with Gasteiger partial charge >= 0.3 is 5.97 Å².